The van der Waals surface area contributed by atoms with Gasteiger partial charge in [0.25, 0.3) is 11.8 Å². The highest BCUT2D eigenvalue weighted by Crippen LogP contribution is 2.35. The van der Waals surface area contributed by atoms with Gasteiger partial charge in [0.2, 0.25) is 0 Å². The molecule has 1 aliphatic heterocycles. The molecule has 8 nitrogen and oxygen atoms in total. The lowest BCUT2D eigenvalue weighted by atomic mass is 9.98. The number of carbonyl (C=O) groups excluding carboxylic acids is 3. The van der Waals surface area contributed by atoms with Crippen LogP contribution in [0.3, 0.4) is 0 Å². The molecule has 146 valence electrons. The van der Waals surface area contributed by atoms with Crippen molar-refractivity contribution >= 4 is 17.8 Å². The average molecular weight is 375 g/mol. The Hall–Kier alpha value is -2.77. The summed E-state index contributed by atoms with van der Waals surface area (Å²) in [6.45, 7) is 0.616. The van der Waals surface area contributed by atoms with Gasteiger partial charge in [0.15, 0.2) is 0 Å². The van der Waals surface area contributed by atoms with Crippen LogP contribution in [0.5, 0.6) is 11.5 Å². The van der Waals surface area contributed by atoms with Crippen LogP contribution in [0.2, 0.25) is 0 Å². The van der Waals surface area contributed by atoms with Gasteiger partial charge in [0.1, 0.15) is 17.0 Å². The molecule has 1 aromatic rings. The number of urea groups is 1. The number of carbonyl (C=O) groups is 3. The predicted molar refractivity (Wildman–Crippen MR) is 97.9 cm³/mol. The first-order valence-electron chi connectivity index (χ1n) is 9.15. The number of methoxy groups -OCH3 is 2. The van der Waals surface area contributed by atoms with E-state index in [1.54, 1.807) is 18.2 Å². The summed E-state index contributed by atoms with van der Waals surface area (Å²) in [5, 5.41) is 5.65. The van der Waals surface area contributed by atoms with E-state index in [2.05, 4.69) is 10.6 Å². The molecule has 0 aromatic heterocycles. The number of benzene rings is 1. The van der Waals surface area contributed by atoms with Crippen LogP contribution in [0.1, 0.15) is 42.5 Å². The summed E-state index contributed by atoms with van der Waals surface area (Å²) in [4.78, 5) is 38.4. The quantitative estimate of drug-likeness (QED) is 0.558. The van der Waals surface area contributed by atoms with E-state index < -0.39 is 5.54 Å². The Labute approximate surface area is 158 Å². The van der Waals surface area contributed by atoms with Crippen LogP contribution in [-0.4, -0.2) is 55.6 Å². The molecule has 2 N–H and O–H groups in total. The molecule has 8 heteroatoms. The van der Waals surface area contributed by atoms with Crippen LogP contribution in [0.4, 0.5) is 4.79 Å². The van der Waals surface area contributed by atoms with Gasteiger partial charge in [-0.2, -0.15) is 0 Å². The minimum absolute atomic E-state index is 0.134. The summed E-state index contributed by atoms with van der Waals surface area (Å²) in [6, 6.07) is 4.66. The third kappa shape index (κ3) is 3.70. The largest absolute Gasteiger partial charge is 0.497 e. The van der Waals surface area contributed by atoms with E-state index in [0.29, 0.717) is 42.9 Å². The molecule has 0 atom stereocenters. The zero-order chi connectivity index (χ0) is 19.4. The SMILES string of the molecule is COc1ccc(OC)c(C(=O)NCCCN2C(=O)NC3(CCCC3)C2=O)c1. The zero-order valence-corrected chi connectivity index (χ0v) is 15.7. The van der Waals surface area contributed by atoms with Gasteiger partial charge in [-0.05, 0) is 37.5 Å². The van der Waals surface area contributed by atoms with Gasteiger partial charge < -0.3 is 20.1 Å². The molecule has 1 saturated heterocycles. The summed E-state index contributed by atoms with van der Waals surface area (Å²) in [5.41, 5.74) is -0.314. The van der Waals surface area contributed by atoms with E-state index in [1.165, 1.54) is 19.1 Å². The lowest BCUT2D eigenvalue weighted by Crippen LogP contribution is -2.44. The molecule has 0 bridgehead atoms. The molecule has 1 saturated carbocycles. The molecule has 1 aromatic carbocycles. The summed E-state index contributed by atoms with van der Waals surface area (Å²) in [7, 11) is 3.02. The second-order valence-electron chi connectivity index (χ2n) is 6.85. The second-order valence-corrected chi connectivity index (χ2v) is 6.85. The fourth-order valence-corrected chi connectivity index (χ4v) is 3.72. The van der Waals surface area contributed by atoms with Gasteiger partial charge in [0.05, 0.1) is 19.8 Å². The molecule has 4 amide bonds. The van der Waals surface area contributed by atoms with Crippen molar-refractivity contribution in [2.45, 2.75) is 37.6 Å². The third-order valence-electron chi connectivity index (χ3n) is 5.20. The van der Waals surface area contributed by atoms with Gasteiger partial charge in [-0.25, -0.2) is 4.79 Å². The second kappa shape index (κ2) is 7.85. The summed E-state index contributed by atoms with van der Waals surface area (Å²) in [6.07, 6.45) is 3.81. The average Bonchev–Trinajstić information content (AvgIpc) is 3.24. The number of amides is 4. The Morgan fingerprint density at radius 1 is 1.22 bits per heavy atom. The summed E-state index contributed by atoms with van der Waals surface area (Å²) >= 11 is 0. The molecule has 27 heavy (non-hydrogen) atoms. The van der Waals surface area contributed by atoms with E-state index in [-0.39, 0.29) is 24.4 Å². The minimum Gasteiger partial charge on any atom is -0.497 e. The summed E-state index contributed by atoms with van der Waals surface area (Å²) < 4.78 is 10.4. The number of nitrogens with one attached hydrogen (secondary N) is 2. The van der Waals surface area contributed by atoms with E-state index >= 15 is 0 Å². The molecular formula is C19H25N3O5. The highest BCUT2D eigenvalue weighted by molar-refractivity contribution is 6.07. The van der Waals surface area contributed by atoms with Crippen molar-refractivity contribution in [2.75, 3.05) is 27.3 Å². The number of nitrogens with zero attached hydrogens (tertiary/aromatic N) is 1. The van der Waals surface area contributed by atoms with Gasteiger partial charge in [-0.3, -0.25) is 14.5 Å². The van der Waals surface area contributed by atoms with Crippen LogP contribution >= 0.6 is 0 Å². The molecule has 2 fully saturated rings. The number of imide groups is 1. The molecule has 2 aliphatic rings. The standard InChI is InChI=1S/C19H25N3O5/c1-26-13-6-7-15(27-2)14(12-13)16(23)20-10-5-11-22-17(24)19(21-18(22)25)8-3-4-9-19/h6-7,12H,3-5,8-11H2,1-2H3,(H,20,23)(H,21,25). The van der Waals surface area contributed by atoms with Crippen molar-refractivity contribution in [2.24, 2.45) is 0 Å². The maximum absolute atomic E-state index is 12.6. The smallest absolute Gasteiger partial charge is 0.325 e. The Kier molecular flexibility index (Phi) is 5.53. The van der Waals surface area contributed by atoms with Crippen molar-refractivity contribution in [3.63, 3.8) is 0 Å². The maximum atomic E-state index is 12.6. The van der Waals surface area contributed by atoms with Crippen LogP contribution in [0, 0.1) is 0 Å². The van der Waals surface area contributed by atoms with Crippen molar-refractivity contribution in [3.8, 4) is 11.5 Å². The Morgan fingerprint density at radius 3 is 2.63 bits per heavy atom. The van der Waals surface area contributed by atoms with Crippen LogP contribution in [0.15, 0.2) is 18.2 Å². The third-order valence-corrected chi connectivity index (χ3v) is 5.20. The van der Waals surface area contributed by atoms with Crippen LogP contribution < -0.4 is 20.1 Å². The van der Waals surface area contributed by atoms with E-state index in [4.69, 9.17) is 9.47 Å². The first-order valence-corrected chi connectivity index (χ1v) is 9.15. The first-order chi connectivity index (χ1) is 13.0. The highest BCUT2D eigenvalue weighted by Gasteiger charge is 2.51. The predicted octanol–water partition coefficient (Wildman–Crippen LogP) is 1.69. The Bertz CT molecular complexity index is 743. The van der Waals surface area contributed by atoms with Gasteiger partial charge in [-0.15, -0.1) is 0 Å². The normalized spacial score (nSPS) is 17.9. The van der Waals surface area contributed by atoms with Gasteiger partial charge in [-0.1, -0.05) is 12.8 Å². The summed E-state index contributed by atoms with van der Waals surface area (Å²) in [5.74, 6) is 0.578. The molecule has 0 unspecified atom stereocenters. The van der Waals surface area contributed by atoms with Crippen molar-refractivity contribution in [1.82, 2.24) is 15.5 Å². The molecule has 1 spiro atoms. The zero-order valence-electron chi connectivity index (χ0n) is 15.7. The van der Waals surface area contributed by atoms with E-state index in [9.17, 15) is 14.4 Å². The first kappa shape index (κ1) is 19.0. The fraction of sp³-hybridized carbons (Fsp3) is 0.526. The van der Waals surface area contributed by atoms with E-state index in [0.717, 1.165) is 12.8 Å². The highest BCUT2D eigenvalue weighted by atomic mass is 16.5. The van der Waals surface area contributed by atoms with Gasteiger partial charge >= 0.3 is 6.03 Å². The van der Waals surface area contributed by atoms with Crippen LogP contribution in [-0.2, 0) is 4.79 Å². The number of hydrogen-bond donors (Lipinski definition) is 2. The van der Waals surface area contributed by atoms with E-state index in [1.807, 2.05) is 0 Å². The number of ether oxygens (including phenoxy) is 2. The Morgan fingerprint density at radius 2 is 1.96 bits per heavy atom. The molecule has 1 aliphatic carbocycles. The molecular weight excluding hydrogens is 350 g/mol. The monoisotopic (exact) mass is 375 g/mol. The maximum Gasteiger partial charge on any atom is 0.325 e. The molecule has 0 radical (unpaired) electrons. The van der Waals surface area contributed by atoms with Crippen molar-refractivity contribution in [1.29, 1.82) is 0 Å². The number of hydrogen-bond acceptors (Lipinski definition) is 5. The molecule has 3 rings (SSSR count). The fourth-order valence-electron chi connectivity index (χ4n) is 3.72. The lowest BCUT2D eigenvalue weighted by molar-refractivity contribution is -0.131. The van der Waals surface area contributed by atoms with Crippen molar-refractivity contribution in [3.05, 3.63) is 23.8 Å². The van der Waals surface area contributed by atoms with Crippen molar-refractivity contribution < 1.29 is 23.9 Å². The van der Waals surface area contributed by atoms with Crippen LogP contribution in [0.25, 0.3) is 0 Å². The topological polar surface area (TPSA) is 97.0 Å². The molecule has 1 heterocycles. The minimum atomic E-state index is -0.686. The van der Waals surface area contributed by atoms with Gasteiger partial charge in [0, 0.05) is 13.1 Å². The lowest BCUT2D eigenvalue weighted by Gasteiger charge is -2.20. The Balaban J connectivity index is 1.52. The number of rotatable bonds is 7.